The Morgan fingerprint density at radius 3 is 2.58 bits per heavy atom. The van der Waals surface area contributed by atoms with E-state index < -0.39 is 0 Å². The lowest BCUT2D eigenvalue weighted by molar-refractivity contribution is -0.137. The molecule has 5 nitrogen and oxygen atoms in total. The van der Waals surface area contributed by atoms with Crippen molar-refractivity contribution >= 4 is 5.91 Å². The standard InChI is InChI=1S/C14H29N3O2/c1-12(2)19-11-14(18)17-6-4-5-16(7-8-17)10-13(3)9-15/h12-13H,4-11,15H2,1-3H3. The van der Waals surface area contributed by atoms with Crippen molar-refractivity contribution in [1.29, 1.82) is 0 Å². The van der Waals surface area contributed by atoms with Gasteiger partial charge in [0.15, 0.2) is 0 Å². The van der Waals surface area contributed by atoms with E-state index in [2.05, 4.69) is 11.8 Å². The average Bonchev–Trinajstić information content (AvgIpc) is 2.61. The van der Waals surface area contributed by atoms with Gasteiger partial charge in [0.1, 0.15) is 6.61 Å². The van der Waals surface area contributed by atoms with Crippen molar-refractivity contribution in [3.05, 3.63) is 0 Å². The highest BCUT2D eigenvalue weighted by molar-refractivity contribution is 5.77. The maximum Gasteiger partial charge on any atom is 0.248 e. The lowest BCUT2D eigenvalue weighted by Gasteiger charge is -2.24. The highest BCUT2D eigenvalue weighted by Gasteiger charge is 2.20. The van der Waals surface area contributed by atoms with Gasteiger partial charge in [-0.05, 0) is 39.3 Å². The lowest BCUT2D eigenvalue weighted by Crippen LogP contribution is -2.39. The van der Waals surface area contributed by atoms with Crippen molar-refractivity contribution in [3.8, 4) is 0 Å². The molecule has 1 atom stereocenters. The molecule has 0 spiro atoms. The van der Waals surface area contributed by atoms with Crippen LogP contribution in [0, 0.1) is 5.92 Å². The first-order valence-corrected chi connectivity index (χ1v) is 7.34. The molecule has 0 aromatic carbocycles. The molecule has 0 bridgehead atoms. The van der Waals surface area contributed by atoms with Gasteiger partial charge in [-0.3, -0.25) is 4.79 Å². The first-order chi connectivity index (χ1) is 9.02. The quantitative estimate of drug-likeness (QED) is 0.766. The maximum absolute atomic E-state index is 12.0. The molecule has 0 saturated carbocycles. The summed E-state index contributed by atoms with van der Waals surface area (Å²) in [5, 5.41) is 0. The molecule has 1 aliphatic rings. The first-order valence-electron chi connectivity index (χ1n) is 7.34. The summed E-state index contributed by atoms with van der Waals surface area (Å²) in [6, 6.07) is 0. The molecule has 1 aliphatic heterocycles. The van der Waals surface area contributed by atoms with Crippen LogP contribution in [0.2, 0.25) is 0 Å². The molecular weight excluding hydrogens is 242 g/mol. The zero-order valence-electron chi connectivity index (χ0n) is 12.6. The molecule has 1 saturated heterocycles. The van der Waals surface area contributed by atoms with Gasteiger partial charge in [-0.2, -0.15) is 0 Å². The topological polar surface area (TPSA) is 58.8 Å². The Labute approximate surface area is 117 Å². The minimum absolute atomic E-state index is 0.109. The Balaban J connectivity index is 2.34. The number of hydrogen-bond acceptors (Lipinski definition) is 4. The van der Waals surface area contributed by atoms with E-state index >= 15 is 0 Å². The molecule has 1 unspecified atom stereocenters. The van der Waals surface area contributed by atoms with E-state index in [0.717, 1.165) is 45.7 Å². The second-order valence-corrected chi connectivity index (χ2v) is 5.74. The Bertz CT molecular complexity index is 271. The van der Waals surface area contributed by atoms with Crippen molar-refractivity contribution in [2.75, 3.05) is 45.9 Å². The molecule has 112 valence electrons. The summed E-state index contributed by atoms with van der Waals surface area (Å²) < 4.78 is 5.39. The van der Waals surface area contributed by atoms with Gasteiger partial charge in [0.25, 0.3) is 0 Å². The second kappa shape index (κ2) is 8.51. The van der Waals surface area contributed by atoms with E-state index in [4.69, 9.17) is 10.5 Å². The van der Waals surface area contributed by atoms with E-state index in [1.165, 1.54) is 0 Å². The van der Waals surface area contributed by atoms with Crippen molar-refractivity contribution in [3.63, 3.8) is 0 Å². The molecule has 0 radical (unpaired) electrons. The molecule has 19 heavy (non-hydrogen) atoms. The summed E-state index contributed by atoms with van der Waals surface area (Å²) in [5.74, 6) is 0.633. The number of nitrogens with zero attached hydrogens (tertiary/aromatic N) is 2. The molecule has 0 aromatic rings. The summed E-state index contributed by atoms with van der Waals surface area (Å²) in [7, 11) is 0. The zero-order chi connectivity index (χ0) is 14.3. The third-order valence-corrected chi connectivity index (χ3v) is 3.45. The molecule has 5 heteroatoms. The molecule has 0 aliphatic carbocycles. The normalized spacial score (nSPS) is 19.5. The number of hydrogen-bond donors (Lipinski definition) is 1. The molecule has 1 heterocycles. The van der Waals surface area contributed by atoms with Crippen LogP contribution in [-0.2, 0) is 9.53 Å². The third kappa shape index (κ3) is 6.36. The lowest BCUT2D eigenvalue weighted by atomic mass is 10.1. The summed E-state index contributed by atoms with van der Waals surface area (Å²) in [5.41, 5.74) is 5.66. The highest BCUT2D eigenvalue weighted by Crippen LogP contribution is 2.06. The Morgan fingerprint density at radius 2 is 1.95 bits per heavy atom. The monoisotopic (exact) mass is 271 g/mol. The van der Waals surface area contributed by atoms with E-state index in [0.29, 0.717) is 5.92 Å². The minimum atomic E-state index is 0.109. The SMILES string of the molecule is CC(CN)CN1CCCN(C(=O)COC(C)C)CC1. The van der Waals surface area contributed by atoms with Crippen LogP contribution in [0.3, 0.4) is 0 Å². The van der Waals surface area contributed by atoms with Crippen LogP contribution in [0.15, 0.2) is 0 Å². The Hall–Kier alpha value is -0.650. The Morgan fingerprint density at radius 1 is 1.21 bits per heavy atom. The van der Waals surface area contributed by atoms with E-state index in [-0.39, 0.29) is 18.6 Å². The zero-order valence-corrected chi connectivity index (χ0v) is 12.6. The molecule has 2 N–H and O–H groups in total. The second-order valence-electron chi connectivity index (χ2n) is 5.74. The summed E-state index contributed by atoms with van der Waals surface area (Å²) in [4.78, 5) is 16.3. The van der Waals surface area contributed by atoms with Crippen LogP contribution in [0.4, 0.5) is 0 Å². The largest absolute Gasteiger partial charge is 0.369 e. The van der Waals surface area contributed by atoms with Gasteiger partial charge < -0.3 is 20.3 Å². The van der Waals surface area contributed by atoms with Crippen molar-refractivity contribution in [1.82, 2.24) is 9.80 Å². The van der Waals surface area contributed by atoms with Gasteiger partial charge in [-0.1, -0.05) is 6.92 Å². The van der Waals surface area contributed by atoms with Gasteiger partial charge in [0, 0.05) is 26.2 Å². The average molecular weight is 271 g/mol. The van der Waals surface area contributed by atoms with Crippen LogP contribution in [-0.4, -0.2) is 67.7 Å². The number of nitrogens with two attached hydrogens (primary N) is 1. The van der Waals surface area contributed by atoms with E-state index in [9.17, 15) is 4.79 Å². The fraction of sp³-hybridized carbons (Fsp3) is 0.929. The summed E-state index contributed by atoms with van der Waals surface area (Å²) in [6.45, 7) is 11.7. The number of rotatable bonds is 6. The molecular formula is C14H29N3O2. The van der Waals surface area contributed by atoms with Crippen molar-refractivity contribution in [2.24, 2.45) is 11.7 Å². The van der Waals surface area contributed by atoms with Gasteiger partial charge in [-0.25, -0.2) is 0 Å². The van der Waals surface area contributed by atoms with Crippen LogP contribution < -0.4 is 5.73 Å². The Kier molecular flexibility index (Phi) is 7.34. The molecule has 1 amide bonds. The maximum atomic E-state index is 12.0. The summed E-state index contributed by atoms with van der Waals surface area (Å²) >= 11 is 0. The van der Waals surface area contributed by atoms with E-state index in [1.54, 1.807) is 0 Å². The van der Waals surface area contributed by atoms with Gasteiger partial charge in [0.05, 0.1) is 6.10 Å². The first kappa shape index (κ1) is 16.4. The van der Waals surface area contributed by atoms with Crippen LogP contribution in [0.25, 0.3) is 0 Å². The fourth-order valence-corrected chi connectivity index (χ4v) is 2.25. The third-order valence-electron chi connectivity index (χ3n) is 3.45. The fourth-order valence-electron chi connectivity index (χ4n) is 2.25. The van der Waals surface area contributed by atoms with Crippen molar-refractivity contribution < 1.29 is 9.53 Å². The van der Waals surface area contributed by atoms with Gasteiger partial charge >= 0.3 is 0 Å². The van der Waals surface area contributed by atoms with Crippen molar-refractivity contribution in [2.45, 2.75) is 33.3 Å². The molecule has 1 fully saturated rings. The van der Waals surface area contributed by atoms with Gasteiger partial charge in [-0.15, -0.1) is 0 Å². The van der Waals surface area contributed by atoms with Crippen LogP contribution >= 0.6 is 0 Å². The molecule has 0 aromatic heterocycles. The number of carbonyl (C=O) groups is 1. The van der Waals surface area contributed by atoms with Gasteiger partial charge in [0.2, 0.25) is 5.91 Å². The smallest absolute Gasteiger partial charge is 0.248 e. The minimum Gasteiger partial charge on any atom is -0.369 e. The molecule has 1 rings (SSSR count). The number of amides is 1. The highest BCUT2D eigenvalue weighted by atomic mass is 16.5. The number of carbonyl (C=O) groups excluding carboxylic acids is 1. The van der Waals surface area contributed by atoms with Crippen LogP contribution in [0.1, 0.15) is 27.2 Å². The predicted molar refractivity (Wildman–Crippen MR) is 76.9 cm³/mol. The summed E-state index contributed by atoms with van der Waals surface area (Å²) in [6.07, 6.45) is 1.14. The van der Waals surface area contributed by atoms with E-state index in [1.807, 2.05) is 18.7 Å². The van der Waals surface area contributed by atoms with Crippen LogP contribution in [0.5, 0.6) is 0 Å². The predicted octanol–water partition coefficient (Wildman–Crippen LogP) is 0.541. The number of ether oxygens (including phenoxy) is 1.